The quantitative estimate of drug-likeness (QED) is 0.674. The number of H-pyrrole nitrogens is 1. The van der Waals surface area contributed by atoms with Crippen molar-refractivity contribution in [3.63, 3.8) is 0 Å². The first-order valence-electron chi connectivity index (χ1n) is 5.03. The van der Waals surface area contributed by atoms with E-state index in [0.29, 0.717) is 0 Å². The topological polar surface area (TPSA) is 40.7 Å². The second-order valence-corrected chi connectivity index (χ2v) is 4.06. The number of benzene rings is 1. The summed E-state index contributed by atoms with van der Waals surface area (Å²) in [6.45, 7) is 0. The molecule has 2 N–H and O–H groups in total. The highest BCUT2D eigenvalue weighted by molar-refractivity contribution is 6.36. The molecule has 0 bridgehead atoms. The largest absolute Gasteiger partial charge is 0.375 e. The normalized spacial score (nSPS) is 11.1. The average Bonchev–Trinajstić information content (AvgIpc) is 2.72. The number of aromatic amines is 1. The molecule has 80 valence electrons. The van der Waals surface area contributed by atoms with E-state index in [4.69, 9.17) is 11.6 Å². The van der Waals surface area contributed by atoms with Crippen molar-refractivity contribution in [3.8, 4) is 0 Å². The molecule has 0 unspecified atom stereocenters. The Morgan fingerprint density at radius 1 is 1.25 bits per heavy atom. The van der Waals surface area contributed by atoms with E-state index in [-0.39, 0.29) is 0 Å². The van der Waals surface area contributed by atoms with Crippen LogP contribution in [0.5, 0.6) is 0 Å². The molecule has 3 rings (SSSR count). The van der Waals surface area contributed by atoms with Crippen LogP contribution < -0.4 is 5.32 Å². The summed E-state index contributed by atoms with van der Waals surface area (Å²) in [6, 6.07) is 7.86. The van der Waals surface area contributed by atoms with Gasteiger partial charge in [-0.3, -0.25) is 4.98 Å². The molecule has 0 radical (unpaired) electrons. The van der Waals surface area contributed by atoms with Crippen molar-refractivity contribution in [1.29, 1.82) is 0 Å². The number of hydrogen-bond donors (Lipinski definition) is 2. The SMILES string of the molecule is CNc1cc2c(ccc3c(Cl)ccnc32)[nH]1. The van der Waals surface area contributed by atoms with Gasteiger partial charge in [0, 0.05) is 29.5 Å². The second kappa shape index (κ2) is 3.39. The molecule has 3 nitrogen and oxygen atoms in total. The fraction of sp³-hybridized carbons (Fsp3) is 0.0833. The Kier molecular flexibility index (Phi) is 2.01. The van der Waals surface area contributed by atoms with Gasteiger partial charge in [-0.05, 0) is 24.3 Å². The lowest BCUT2D eigenvalue weighted by Gasteiger charge is -1.99. The molecular weight excluding hydrogens is 222 g/mol. The van der Waals surface area contributed by atoms with Gasteiger partial charge in [0.1, 0.15) is 5.82 Å². The van der Waals surface area contributed by atoms with E-state index in [1.54, 1.807) is 12.3 Å². The van der Waals surface area contributed by atoms with Gasteiger partial charge >= 0.3 is 0 Å². The molecule has 0 spiro atoms. The van der Waals surface area contributed by atoms with Crippen LogP contribution in [-0.4, -0.2) is 17.0 Å². The van der Waals surface area contributed by atoms with Crippen LogP contribution in [0.2, 0.25) is 5.02 Å². The van der Waals surface area contributed by atoms with Crippen molar-refractivity contribution in [2.24, 2.45) is 0 Å². The predicted molar refractivity (Wildman–Crippen MR) is 68.2 cm³/mol. The molecule has 4 heteroatoms. The molecule has 0 amide bonds. The van der Waals surface area contributed by atoms with Crippen molar-refractivity contribution in [2.45, 2.75) is 0 Å². The van der Waals surface area contributed by atoms with Gasteiger partial charge in [-0.1, -0.05) is 11.6 Å². The summed E-state index contributed by atoms with van der Waals surface area (Å²) < 4.78 is 0. The van der Waals surface area contributed by atoms with Crippen molar-refractivity contribution in [3.05, 3.63) is 35.5 Å². The van der Waals surface area contributed by atoms with E-state index >= 15 is 0 Å². The molecule has 2 aromatic heterocycles. The van der Waals surface area contributed by atoms with Gasteiger partial charge in [-0.15, -0.1) is 0 Å². The smallest absolute Gasteiger partial charge is 0.104 e. The molecule has 0 saturated carbocycles. The number of hydrogen-bond acceptors (Lipinski definition) is 2. The minimum atomic E-state index is 0.735. The average molecular weight is 232 g/mol. The minimum Gasteiger partial charge on any atom is -0.375 e. The first-order chi connectivity index (χ1) is 7.79. The molecular formula is C12H10ClN3. The Morgan fingerprint density at radius 3 is 2.94 bits per heavy atom. The molecule has 0 fully saturated rings. The number of rotatable bonds is 1. The van der Waals surface area contributed by atoms with E-state index in [0.717, 1.165) is 32.6 Å². The number of halogens is 1. The predicted octanol–water partition coefficient (Wildman–Crippen LogP) is 3.41. The molecule has 2 heterocycles. The van der Waals surface area contributed by atoms with Crippen molar-refractivity contribution < 1.29 is 0 Å². The van der Waals surface area contributed by atoms with Crippen LogP contribution in [0.3, 0.4) is 0 Å². The van der Waals surface area contributed by atoms with Gasteiger partial charge in [0.15, 0.2) is 0 Å². The van der Waals surface area contributed by atoms with E-state index in [1.165, 1.54) is 0 Å². The summed E-state index contributed by atoms with van der Waals surface area (Å²) >= 11 is 6.13. The summed E-state index contributed by atoms with van der Waals surface area (Å²) in [5.74, 6) is 0.976. The van der Waals surface area contributed by atoms with Crippen LogP contribution in [0.15, 0.2) is 30.5 Å². The van der Waals surface area contributed by atoms with E-state index < -0.39 is 0 Å². The van der Waals surface area contributed by atoms with Crippen molar-refractivity contribution in [1.82, 2.24) is 9.97 Å². The maximum atomic E-state index is 6.13. The Balaban J connectivity index is 2.48. The highest BCUT2D eigenvalue weighted by Gasteiger charge is 2.06. The summed E-state index contributed by atoms with van der Waals surface area (Å²) in [5, 5.41) is 5.89. The number of anilines is 1. The molecule has 0 atom stereocenters. The fourth-order valence-electron chi connectivity index (χ4n) is 1.92. The van der Waals surface area contributed by atoms with Crippen LogP contribution in [0.4, 0.5) is 5.82 Å². The molecule has 16 heavy (non-hydrogen) atoms. The minimum absolute atomic E-state index is 0.735. The maximum absolute atomic E-state index is 6.13. The maximum Gasteiger partial charge on any atom is 0.104 e. The van der Waals surface area contributed by atoms with Gasteiger partial charge in [0.05, 0.1) is 10.5 Å². The van der Waals surface area contributed by atoms with Gasteiger partial charge in [-0.2, -0.15) is 0 Å². The van der Waals surface area contributed by atoms with Gasteiger partial charge in [0.2, 0.25) is 0 Å². The monoisotopic (exact) mass is 231 g/mol. The van der Waals surface area contributed by atoms with Gasteiger partial charge < -0.3 is 10.3 Å². The zero-order valence-corrected chi connectivity index (χ0v) is 9.47. The zero-order valence-electron chi connectivity index (χ0n) is 8.71. The summed E-state index contributed by atoms with van der Waals surface area (Å²) in [7, 11) is 1.88. The Hall–Kier alpha value is -1.74. The number of nitrogens with one attached hydrogen (secondary N) is 2. The fourth-order valence-corrected chi connectivity index (χ4v) is 2.13. The first-order valence-corrected chi connectivity index (χ1v) is 5.41. The second-order valence-electron chi connectivity index (χ2n) is 3.65. The van der Waals surface area contributed by atoms with Gasteiger partial charge in [-0.25, -0.2) is 0 Å². The molecule has 3 aromatic rings. The lowest BCUT2D eigenvalue weighted by molar-refractivity contribution is 1.39. The first kappa shape index (κ1) is 9.48. The highest BCUT2D eigenvalue weighted by Crippen LogP contribution is 2.29. The van der Waals surface area contributed by atoms with Gasteiger partial charge in [0.25, 0.3) is 0 Å². The molecule has 0 aliphatic rings. The van der Waals surface area contributed by atoms with E-state index in [9.17, 15) is 0 Å². The Morgan fingerprint density at radius 2 is 2.12 bits per heavy atom. The Labute approximate surface area is 97.4 Å². The third-order valence-corrected chi connectivity index (χ3v) is 3.06. The van der Waals surface area contributed by atoms with E-state index in [2.05, 4.69) is 15.3 Å². The number of pyridine rings is 1. The Bertz CT molecular complexity index is 672. The summed E-state index contributed by atoms with van der Waals surface area (Å²) in [6.07, 6.45) is 1.73. The third kappa shape index (κ3) is 1.25. The molecule has 1 aromatic carbocycles. The van der Waals surface area contributed by atoms with Crippen LogP contribution in [-0.2, 0) is 0 Å². The summed E-state index contributed by atoms with van der Waals surface area (Å²) in [5.41, 5.74) is 1.99. The van der Waals surface area contributed by atoms with Crippen molar-refractivity contribution >= 4 is 39.2 Å². The molecule has 0 saturated heterocycles. The summed E-state index contributed by atoms with van der Waals surface area (Å²) in [4.78, 5) is 7.65. The number of aromatic nitrogens is 2. The van der Waals surface area contributed by atoms with Crippen molar-refractivity contribution in [2.75, 3.05) is 12.4 Å². The third-order valence-electron chi connectivity index (χ3n) is 2.73. The van der Waals surface area contributed by atoms with Crippen LogP contribution in [0.25, 0.3) is 21.8 Å². The molecule has 0 aliphatic carbocycles. The molecule has 0 aliphatic heterocycles. The lowest BCUT2D eigenvalue weighted by atomic mass is 10.1. The van der Waals surface area contributed by atoms with Crippen LogP contribution in [0.1, 0.15) is 0 Å². The van der Waals surface area contributed by atoms with Crippen LogP contribution >= 0.6 is 11.6 Å². The lowest BCUT2D eigenvalue weighted by Crippen LogP contribution is -1.85. The van der Waals surface area contributed by atoms with Crippen LogP contribution in [0, 0.1) is 0 Å². The highest BCUT2D eigenvalue weighted by atomic mass is 35.5. The number of nitrogens with zero attached hydrogens (tertiary/aromatic N) is 1. The van der Waals surface area contributed by atoms with E-state index in [1.807, 2.05) is 25.2 Å². The zero-order chi connectivity index (χ0) is 11.1. The standard InChI is InChI=1S/C12H10ClN3/c1-14-11-6-8-10(16-11)3-2-7-9(13)4-5-15-12(7)8/h2-6,14,16H,1H3. The number of fused-ring (bicyclic) bond motifs is 3.